The van der Waals surface area contributed by atoms with Crippen LogP contribution in [-0.4, -0.2) is 42.2 Å². The number of aliphatic hydroxyl groups excluding tert-OH is 1. The van der Waals surface area contributed by atoms with Crippen molar-refractivity contribution >= 4 is 5.91 Å². The highest BCUT2D eigenvalue weighted by molar-refractivity contribution is 5.94. The second-order valence-electron chi connectivity index (χ2n) is 5.25. The number of aliphatic hydroxyl groups is 1. The van der Waals surface area contributed by atoms with E-state index >= 15 is 0 Å². The third-order valence-corrected chi connectivity index (χ3v) is 3.63. The SMILES string of the molecule is N#Cc1ccc(CN2CCC(N)=C(C(=O)NCCO)C2)cc1. The maximum absolute atomic E-state index is 12.0. The van der Waals surface area contributed by atoms with Gasteiger partial charge in [0.15, 0.2) is 0 Å². The van der Waals surface area contributed by atoms with Crippen LogP contribution in [-0.2, 0) is 11.3 Å². The summed E-state index contributed by atoms with van der Waals surface area (Å²) in [4.78, 5) is 14.2. The van der Waals surface area contributed by atoms with Crippen LogP contribution in [0.3, 0.4) is 0 Å². The Morgan fingerprint density at radius 2 is 2.14 bits per heavy atom. The largest absolute Gasteiger partial charge is 0.402 e. The predicted octanol–water partition coefficient (Wildman–Crippen LogP) is 0.0853. The van der Waals surface area contributed by atoms with Crippen molar-refractivity contribution in [3.05, 3.63) is 46.7 Å². The molecule has 0 saturated heterocycles. The van der Waals surface area contributed by atoms with Gasteiger partial charge in [-0.05, 0) is 17.7 Å². The Labute approximate surface area is 129 Å². The van der Waals surface area contributed by atoms with E-state index in [-0.39, 0.29) is 19.1 Å². The first kappa shape index (κ1) is 16.0. The number of amides is 1. The zero-order valence-electron chi connectivity index (χ0n) is 12.4. The number of nitrogens with one attached hydrogen (secondary N) is 1. The van der Waals surface area contributed by atoms with Gasteiger partial charge in [0.25, 0.3) is 0 Å². The van der Waals surface area contributed by atoms with Gasteiger partial charge in [0.2, 0.25) is 5.91 Å². The maximum Gasteiger partial charge on any atom is 0.250 e. The molecule has 1 aliphatic heterocycles. The molecule has 0 saturated carbocycles. The van der Waals surface area contributed by atoms with Crippen molar-refractivity contribution in [2.24, 2.45) is 5.73 Å². The lowest BCUT2D eigenvalue weighted by molar-refractivity contribution is -0.118. The molecule has 1 aromatic carbocycles. The summed E-state index contributed by atoms with van der Waals surface area (Å²) in [6.45, 7) is 2.13. The van der Waals surface area contributed by atoms with E-state index < -0.39 is 0 Å². The zero-order valence-corrected chi connectivity index (χ0v) is 12.4. The Morgan fingerprint density at radius 3 is 2.77 bits per heavy atom. The second-order valence-corrected chi connectivity index (χ2v) is 5.25. The molecule has 0 unspecified atom stereocenters. The summed E-state index contributed by atoms with van der Waals surface area (Å²) < 4.78 is 0. The first-order chi connectivity index (χ1) is 10.6. The molecule has 1 heterocycles. The average molecular weight is 300 g/mol. The van der Waals surface area contributed by atoms with Gasteiger partial charge in [-0.2, -0.15) is 5.26 Å². The number of benzene rings is 1. The third-order valence-electron chi connectivity index (χ3n) is 3.63. The quantitative estimate of drug-likeness (QED) is 0.715. The van der Waals surface area contributed by atoms with Crippen LogP contribution in [0.25, 0.3) is 0 Å². The van der Waals surface area contributed by atoms with Gasteiger partial charge >= 0.3 is 0 Å². The fourth-order valence-corrected chi connectivity index (χ4v) is 2.41. The fourth-order valence-electron chi connectivity index (χ4n) is 2.41. The van der Waals surface area contributed by atoms with Gasteiger partial charge in [-0.3, -0.25) is 9.69 Å². The van der Waals surface area contributed by atoms with Crippen molar-refractivity contribution in [2.45, 2.75) is 13.0 Å². The lowest BCUT2D eigenvalue weighted by Gasteiger charge is -2.29. The lowest BCUT2D eigenvalue weighted by Crippen LogP contribution is -2.39. The molecule has 0 spiro atoms. The molecule has 0 aliphatic carbocycles. The number of nitrogens with two attached hydrogens (primary N) is 1. The predicted molar refractivity (Wildman–Crippen MR) is 82.4 cm³/mol. The Kier molecular flexibility index (Phi) is 5.53. The number of nitrogens with zero attached hydrogens (tertiary/aromatic N) is 2. The zero-order chi connectivity index (χ0) is 15.9. The Balaban J connectivity index is 1.99. The van der Waals surface area contributed by atoms with Gasteiger partial charge in [-0.15, -0.1) is 0 Å². The van der Waals surface area contributed by atoms with Gasteiger partial charge < -0.3 is 16.2 Å². The first-order valence-electron chi connectivity index (χ1n) is 7.22. The van der Waals surface area contributed by atoms with Crippen LogP contribution in [0.4, 0.5) is 0 Å². The summed E-state index contributed by atoms with van der Waals surface area (Å²) in [5.41, 5.74) is 8.86. The van der Waals surface area contributed by atoms with Crippen molar-refractivity contribution in [2.75, 3.05) is 26.2 Å². The van der Waals surface area contributed by atoms with Gasteiger partial charge in [0, 0.05) is 43.9 Å². The summed E-state index contributed by atoms with van der Waals surface area (Å²) in [5.74, 6) is -0.212. The van der Waals surface area contributed by atoms with E-state index in [1.165, 1.54) is 0 Å². The smallest absolute Gasteiger partial charge is 0.250 e. The van der Waals surface area contributed by atoms with Crippen molar-refractivity contribution in [3.8, 4) is 6.07 Å². The molecule has 0 bridgehead atoms. The number of nitriles is 1. The van der Waals surface area contributed by atoms with Crippen molar-refractivity contribution < 1.29 is 9.90 Å². The first-order valence-corrected chi connectivity index (χ1v) is 7.22. The highest BCUT2D eigenvalue weighted by atomic mass is 16.3. The molecule has 22 heavy (non-hydrogen) atoms. The molecule has 0 atom stereocenters. The second kappa shape index (κ2) is 7.59. The van der Waals surface area contributed by atoms with Crippen LogP contribution >= 0.6 is 0 Å². The molecule has 2 rings (SSSR count). The van der Waals surface area contributed by atoms with Crippen LogP contribution in [0.5, 0.6) is 0 Å². The molecule has 0 fully saturated rings. The van der Waals surface area contributed by atoms with Gasteiger partial charge in [0.05, 0.1) is 18.2 Å². The molecule has 0 radical (unpaired) electrons. The molecule has 1 aliphatic rings. The van der Waals surface area contributed by atoms with Gasteiger partial charge in [-0.25, -0.2) is 0 Å². The molecule has 0 aromatic heterocycles. The average Bonchev–Trinajstić information content (AvgIpc) is 2.55. The standard InChI is InChI=1S/C16H20N4O2/c17-9-12-1-3-13(4-2-12)10-20-7-5-15(18)14(11-20)16(22)19-6-8-21/h1-4,21H,5-8,10-11,18H2,(H,19,22). The minimum atomic E-state index is -0.212. The summed E-state index contributed by atoms with van der Waals surface area (Å²) in [5, 5.41) is 20.2. The van der Waals surface area contributed by atoms with E-state index in [4.69, 9.17) is 16.1 Å². The van der Waals surface area contributed by atoms with E-state index in [0.29, 0.717) is 36.3 Å². The van der Waals surface area contributed by atoms with Crippen LogP contribution in [0.2, 0.25) is 0 Å². The van der Waals surface area contributed by atoms with E-state index in [2.05, 4.69) is 16.3 Å². The van der Waals surface area contributed by atoms with E-state index in [9.17, 15) is 4.79 Å². The topological polar surface area (TPSA) is 102 Å². The van der Waals surface area contributed by atoms with E-state index in [1.807, 2.05) is 12.1 Å². The molecule has 6 nitrogen and oxygen atoms in total. The molecule has 6 heteroatoms. The number of carbonyl (C=O) groups excluding carboxylic acids is 1. The van der Waals surface area contributed by atoms with E-state index in [1.54, 1.807) is 12.1 Å². The molecule has 1 amide bonds. The maximum atomic E-state index is 12.0. The summed E-state index contributed by atoms with van der Waals surface area (Å²) in [6.07, 6.45) is 0.651. The monoisotopic (exact) mass is 300 g/mol. The highest BCUT2D eigenvalue weighted by Gasteiger charge is 2.22. The molecular weight excluding hydrogens is 280 g/mol. The highest BCUT2D eigenvalue weighted by Crippen LogP contribution is 2.17. The number of rotatable bonds is 5. The lowest BCUT2D eigenvalue weighted by atomic mass is 10.0. The van der Waals surface area contributed by atoms with Gasteiger partial charge in [0.1, 0.15) is 0 Å². The molecular formula is C16H20N4O2. The number of carbonyl (C=O) groups is 1. The number of hydrogen-bond acceptors (Lipinski definition) is 5. The fraction of sp³-hybridized carbons (Fsp3) is 0.375. The molecule has 4 N–H and O–H groups in total. The van der Waals surface area contributed by atoms with Crippen molar-refractivity contribution in [1.29, 1.82) is 5.26 Å². The van der Waals surface area contributed by atoms with Crippen molar-refractivity contribution in [3.63, 3.8) is 0 Å². The van der Waals surface area contributed by atoms with E-state index in [0.717, 1.165) is 12.1 Å². The summed E-state index contributed by atoms with van der Waals surface area (Å²) in [7, 11) is 0. The Hall–Kier alpha value is -2.36. The molecule has 116 valence electrons. The van der Waals surface area contributed by atoms with Crippen LogP contribution in [0.1, 0.15) is 17.5 Å². The van der Waals surface area contributed by atoms with Crippen molar-refractivity contribution in [1.82, 2.24) is 10.2 Å². The van der Waals surface area contributed by atoms with Crippen LogP contribution < -0.4 is 11.1 Å². The molecule has 1 aromatic rings. The minimum Gasteiger partial charge on any atom is -0.402 e. The Morgan fingerprint density at radius 1 is 1.41 bits per heavy atom. The minimum absolute atomic E-state index is 0.0894. The van der Waals surface area contributed by atoms with Crippen LogP contribution in [0.15, 0.2) is 35.5 Å². The van der Waals surface area contributed by atoms with Gasteiger partial charge in [-0.1, -0.05) is 12.1 Å². The normalized spacial score (nSPS) is 15.5. The number of hydrogen-bond donors (Lipinski definition) is 3. The van der Waals surface area contributed by atoms with Crippen LogP contribution in [0, 0.1) is 11.3 Å². The summed E-state index contributed by atoms with van der Waals surface area (Å²) >= 11 is 0. The Bertz CT molecular complexity index is 602. The third kappa shape index (κ3) is 4.07. The summed E-state index contributed by atoms with van der Waals surface area (Å²) in [6, 6.07) is 9.52.